The molecule has 5 nitrogen and oxygen atoms in total. The lowest BCUT2D eigenvalue weighted by Gasteiger charge is -2.12. The number of hydrogen-bond donors (Lipinski definition) is 1. The molecule has 1 heterocycles. The van der Waals surface area contributed by atoms with E-state index >= 15 is 0 Å². The summed E-state index contributed by atoms with van der Waals surface area (Å²) in [5.41, 5.74) is 5.37. The molecule has 0 aliphatic heterocycles. The number of benzene rings is 3. The second-order valence-electron chi connectivity index (χ2n) is 6.93. The quantitative estimate of drug-likeness (QED) is 0.384. The number of oxazole rings is 1. The molecule has 1 N–H and O–H groups in total. The van der Waals surface area contributed by atoms with Crippen LogP contribution in [0.1, 0.15) is 21.5 Å². The summed E-state index contributed by atoms with van der Waals surface area (Å²) in [5, 5.41) is 3.45. The molecule has 0 aliphatic rings. The Labute approximate surface area is 183 Å². The summed E-state index contributed by atoms with van der Waals surface area (Å²) in [6.07, 6.45) is 0. The molecule has 0 saturated carbocycles. The molecule has 0 atom stereocenters. The zero-order valence-electron chi connectivity index (χ0n) is 16.5. The highest BCUT2D eigenvalue weighted by Crippen LogP contribution is 2.33. The molecule has 4 aromatic rings. The zero-order chi connectivity index (χ0) is 21.4. The first kappa shape index (κ1) is 20.3. The van der Waals surface area contributed by atoms with Gasteiger partial charge in [0.15, 0.2) is 5.58 Å². The number of hydrogen-bond acceptors (Lipinski definition) is 4. The van der Waals surface area contributed by atoms with Crippen LogP contribution < -0.4 is 10.1 Å². The molecule has 1 aromatic heterocycles. The van der Waals surface area contributed by atoms with Crippen molar-refractivity contribution in [3.8, 4) is 17.2 Å². The van der Waals surface area contributed by atoms with Crippen molar-refractivity contribution in [1.82, 2.24) is 4.98 Å². The molecular formula is C23H18Cl2N2O3. The first-order chi connectivity index (χ1) is 14.4. The standard InChI is InChI=1S/C23H18Cl2N2O3/c1-12-7-19-20(8-13(12)2)30-23(27-19)14-5-4-6-16(9-14)26-22(28)17-10-15(24)11-18(25)21(17)29-3/h4-11H,1-3H3,(H,26,28). The lowest BCUT2D eigenvalue weighted by Crippen LogP contribution is -2.13. The number of halogens is 2. The van der Waals surface area contributed by atoms with Crippen molar-refractivity contribution < 1.29 is 13.9 Å². The smallest absolute Gasteiger partial charge is 0.259 e. The number of aromatic nitrogens is 1. The molecule has 0 radical (unpaired) electrons. The van der Waals surface area contributed by atoms with Gasteiger partial charge in [0.1, 0.15) is 11.3 Å². The highest BCUT2D eigenvalue weighted by Gasteiger charge is 2.18. The second kappa shape index (κ2) is 8.01. The SMILES string of the molecule is COc1c(Cl)cc(Cl)cc1C(=O)Nc1cccc(-c2nc3cc(C)c(C)cc3o2)c1. The number of anilines is 1. The number of fused-ring (bicyclic) bond motifs is 1. The van der Waals surface area contributed by atoms with E-state index in [0.29, 0.717) is 16.6 Å². The van der Waals surface area contributed by atoms with Gasteiger partial charge in [-0.15, -0.1) is 0 Å². The third-order valence-electron chi connectivity index (χ3n) is 4.83. The molecule has 3 aromatic carbocycles. The van der Waals surface area contributed by atoms with Crippen LogP contribution in [0.5, 0.6) is 5.75 Å². The number of rotatable bonds is 4. The van der Waals surface area contributed by atoms with Crippen LogP contribution in [-0.4, -0.2) is 18.0 Å². The zero-order valence-corrected chi connectivity index (χ0v) is 18.1. The first-order valence-electron chi connectivity index (χ1n) is 9.18. The maximum atomic E-state index is 12.8. The molecule has 0 aliphatic carbocycles. The Morgan fingerprint density at radius 2 is 1.83 bits per heavy atom. The Morgan fingerprint density at radius 3 is 2.60 bits per heavy atom. The van der Waals surface area contributed by atoms with E-state index in [1.54, 1.807) is 12.1 Å². The Balaban J connectivity index is 1.65. The minimum atomic E-state index is -0.391. The van der Waals surface area contributed by atoms with Crippen molar-refractivity contribution in [2.24, 2.45) is 0 Å². The molecule has 0 unspecified atom stereocenters. The van der Waals surface area contributed by atoms with Crippen molar-refractivity contribution in [2.75, 3.05) is 12.4 Å². The maximum absolute atomic E-state index is 12.8. The van der Waals surface area contributed by atoms with Crippen molar-refractivity contribution >= 4 is 45.9 Å². The van der Waals surface area contributed by atoms with E-state index in [-0.39, 0.29) is 16.3 Å². The number of nitrogens with zero attached hydrogens (tertiary/aromatic N) is 1. The van der Waals surface area contributed by atoms with Crippen LogP contribution in [-0.2, 0) is 0 Å². The summed E-state index contributed by atoms with van der Waals surface area (Å²) in [6.45, 7) is 4.07. The Bertz CT molecular complexity index is 1240. The molecule has 152 valence electrons. The van der Waals surface area contributed by atoms with Gasteiger partial charge in [-0.25, -0.2) is 4.98 Å². The molecule has 7 heteroatoms. The average Bonchev–Trinajstić information content (AvgIpc) is 3.10. The largest absolute Gasteiger partial charge is 0.494 e. The number of ether oxygens (including phenoxy) is 1. The number of carbonyl (C=O) groups is 1. The number of carbonyl (C=O) groups excluding carboxylic acids is 1. The molecule has 0 fully saturated rings. The lowest BCUT2D eigenvalue weighted by atomic mass is 10.1. The van der Waals surface area contributed by atoms with Crippen LogP contribution in [0, 0.1) is 13.8 Å². The van der Waals surface area contributed by atoms with Gasteiger partial charge in [0.05, 0.1) is 17.7 Å². The number of nitrogens with one attached hydrogen (secondary N) is 1. The first-order valence-corrected chi connectivity index (χ1v) is 9.94. The molecule has 0 bridgehead atoms. The highest BCUT2D eigenvalue weighted by molar-refractivity contribution is 6.36. The van der Waals surface area contributed by atoms with Gasteiger partial charge in [-0.3, -0.25) is 4.79 Å². The fourth-order valence-electron chi connectivity index (χ4n) is 3.17. The summed E-state index contributed by atoms with van der Waals surface area (Å²) in [6, 6.07) is 14.3. The van der Waals surface area contributed by atoms with E-state index in [1.165, 1.54) is 19.2 Å². The van der Waals surface area contributed by atoms with Crippen LogP contribution >= 0.6 is 23.2 Å². The van der Waals surface area contributed by atoms with Gasteiger partial charge in [-0.1, -0.05) is 29.3 Å². The maximum Gasteiger partial charge on any atom is 0.259 e. The minimum absolute atomic E-state index is 0.244. The predicted octanol–water partition coefficient (Wildman–Crippen LogP) is 6.68. The summed E-state index contributed by atoms with van der Waals surface area (Å²) in [5.74, 6) is 0.353. The van der Waals surface area contributed by atoms with Crippen molar-refractivity contribution in [1.29, 1.82) is 0 Å². The van der Waals surface area contributed by atoms with E-state index in [4.69, 9.17) is 32.4 Å². The van der Waals surface area contributed by atoms with Crippen LogP contribution in [0.2, 0.25) is 10.0 Å². The molecule has 4 rings (SSSR count). The third kappa shape index (κ3) is 3.86. The Morgan fingerprint density at radius 1 is 1.07 bits per heavy atom. The normalized spacial score (nSPS) is 11.0. The summed E-state index contributed by atoms with van der Waals surface area (Å²) >= 11 is 12.2. The van der Waals surface area contributed by atoms with Crippen LogP contribution in [0.15, 0.2) is 52.9 Å². The number of amides is 1. The fraction of sp³-hybridized carbons (Fsp3) is 0.130. The third-order valence-corrected chi connectivity index (χ3v) is 5.33. The predicted molar refractivity (Wildman–Crippen MR) is 120 cm³/mol. The number of methoxy groups -OCH3 is 1. The molecule has 1 amide bonds. The van der Waals surface area contributed by atoms with Crippen LogP contribution in [0.4, 0.5) is 5.69 Å². The monoisotopic (exact) mass is 440 g/mol. The number of aryl methyl sites for hydroxylation is 2. The summed E-state index contributed by atoms with van der Waals surface area (Å²) < 4.78 is 11.2. The molecule has 0 spiro atoms. The average molecular weight is 441 g/mol. The van der Waals surface area contributed by atoms with Gasteiger partial charge in [0.25, 0.3) is 5.91 Å². The van der Waals surface area contributed by atoms with Crippen molar-refractivity contribution in [3.05, 3.63) is 75.3 Å². The van der Waals surface area contributed by atoms with E-state index < -0.39 is 5.91 Å². The van der Waals surface area contributed by atoms with Gasteiger partial charge < -0.3 is 14.5 Å². The molecule has 30 heavy (non-hydrogen) atoms. The van der Waals surface area contributed by atoms with E-state index in [2.05, 4.69) is 10.3 Å². The minimum Gasteiger partial charge on any atom is -0.494 e. The van der Waals surface area contributed by atoms with Crippen molar-refractivity contribution in [3.63, 3.8) is 0 Å². The van der Waals surface area contributed by atoms with Crippen LogP contribution in [0.25, 0.3) is 22.6 Å². The Kier molecular flexibility index (Phi) is 5.41. The topological polar surface area (TPSA) is 64.4 Å². The van der Waals surface area contributed by atoms with Crippen LogP contribution in [0.3, 0.4) is 0 Å². The van der Waals surface area contributed by atoms with E-state index in [1.807, 2.05) is 38.1 Å². The second-order valence-corrected chi connectivity index (χ2v) is 7.77. The molecular weight excluding hydrogens is 423 g/mol. The lowest BCUT2D eigenvalue weighted by molar-refractivity contribution is 0.102. The van der Waals surface area contributed by atoms with E-state index in [9.17, 15) is 4.79 Å². The highest BCUT2D eigenvalue weighted by atomic mass is 35.5. The molecule has 0 saturated heterocycles. The van der Waals surface area contributed by atoms with Gasteiger partial charge in [-0.05, 0) is 67.4 Å². The summed E-state index contributed by atoms with van der Waals surface area (Å²) in [7, 11) is 1.45. The van der Waals surface area contributed by atoms with Gasteiger partial charge in [0.2, 0.25) is 5.89 Å². The van der Waals surface area contributed by atoms with Gasteiger partial charge in [0, 0.05) is 16.3 Å². The fourth-order valence-corrected chi connectivity index (χ4v) is 3.74. The Hall–Kier alpha value is -3.02. The van der Waals surface area contributed by atoms with Gasteiger partial charge in [-0.2, -0.15) is 0 Å². The van der Waals surface area contributed by atoms with Crippen molar-refractivity contribution in [2.45, 2.75) is 13.8 Å². The van der Waals surface area contributed by atoms with Gasteiger partial charge >= 0.3 is 0 Å². The summed E-state index contributed by atoms with van der Waals surface area (Å²) in [4.78, 5) is 17.4. The van der Waals surface area contributed by atoms with E-state index in [0.717, 1.165) is 27.8 Å².